The van der Waals surface area contributed by atoms with Crippen molar-refractivity contribution in [1.82, 2.24) is 4.98 Å². The van der Waals surface area contributed by atoms with Gasteiger partial charge in [0.1, 0.15) is 12.4 Å². The molecule has 1 atom stereocenters. The molecule has 4 heterocycles. The van der Waals surface area contributed by atoms with Crippen molar-refractivity contribution in [2.24, 2.45) is 16.1 Å². The summed E-state index contributed by atoms with van der Waals surface area (Å²) in [6.45, 7) is 3.68. The highest BCUT2D eigenvalue weighted by molar-refractivity contribution is 5.78. The number of pyridine rings is 1. The molecule has 8 heteroatoms. The van der Waals surface area contributed by atoms with E-state index < -0.39 is 17.3 Å². The summed E-state index contributed by atoms with van der Waals surface area (Å²) < 4.78 is 46.7. The van der Waals surface area contributed by atoms with E-state index >= 15 is 4.39 Å². The number of hydrogen-bond donors (Lipinski definition) is 1. The first kappa shape index (κ1) is 21.0. The van der Waals surface area contributed by atoms with Gasteiger partial charge in [-0.05, 0) is 60.4 Å². The predicted octanol–water partition coefficient (Wildman–Crippen LogP) is 4.69. The van der Waals surface area contributed by atoms with E-state index in [9.17, 15) is 4.39 Å². The number of aliphatic imine (C=N–C) groups is 1. The highest BCUT2D eigenvalue weighted by Crippen LogP contribution is 2.53. The summed E-state index contributed by atoms with van der Waals surface area (Å²) in [6, 6.07) is 12.0. The molecule has 3 aliphatic heterocycles. The fraction of sp³-hybridized carbons (Fsp3) is 0.308. The number of aromatic nitrogens is 1. The lowest BCUT2D eigenvalue weighted by molar-refractivity contribution is -0.105. The first-order valence-electron chi connectivity index (χ1n) is 11.2. The summed E-state index contributed by atoms with van der Waals surface area (Å²) in [5.74, 6) is -0.512. The number of ether oxygens (including phenoxy) is 3. The minimum atomic E-state index is -1.10. The zero-order chi connectivity index (χ0) is 23.5. The molecule has 1 aromatic heterocycles. The average Bonchev–Trinajstić information content (AvgIpc) is 3.20. The predicted molar refractivity (Wildman–Crippen MR) is 122 cm³/mol. The maximum atomic E-state index is 15.3. The van der Waals surface area contributed by atoms with Gasteiger partial charge >= 0.3 is 0 Å². The number of nitrogens with zero attached hydrogens (tertiary/aromatic N) is 2. The van der Waals surface area contributed by atoms with Gasteiger partial charge in [-0.1, -0.05) is 13.0 Å². The lowest BCUT2D eigenvalue weighted by Crippen LogP contribution is -2.40. The van der Waals surface area contributed by atoms with Crippen LogP contribution in [-0.2, 0) is 21.4 Å². The van der Waals surface area contributed by atoms with E-state index in [-0.39, 0.29) is 23.8 Å². The number of aryl methyl sites for hydroxylation is 1. The maximum Gasteiger partial charge on any atom is 0.283 e. The van der Waals surface area contributed by atoms with Crippen LogP contribution < -0.4 is 10.5 Å². The summed E-state index contributed by atoms with van der Waals surface area (Å²) >= 11 is 0. The van der Waals surface area contributed by atoms with Crippen LogP contribution in [0.15, 0.2) is 53.7 Å². The van der Waals surface area contributed by atoms with Gasteiger partial charge in [0.15, 0.2) is 17.1 Å². The van der Waals surface area contributed by atoms with Crippen molar-refractivity contribution in [1.29, 1.82) is 0 Å². The molecule has 1 saturated heterocycles. The highest BCUT2D eigenvalue weighted by atomic mass is 19.1. The van der Waals surface area contributed by atoms with E-state index in [0.29, 0.717) is 47.6 Å². The van der Waals surface area contributed by atoms with E-state index in [2.05, 4.69) is 16.9 Å². The second-order valence-electron chi connectivity index (χ2n) is 9.51. The van der Waals surface area contributed by atoms with Gasteiger partial charge < -0.3 is 19.9 Å². The molecule has 0 bridgehead atoms. The van der Waals surface area contributed by atoms with E-state index in [1.807, 2.05) is 6.07 Å². The Bertz CT molecular complexity index is 1340. The maximum absolute atomic E-state index is 15.3. The van der Waals surface area contributed by atoms with Crippen molar-refractivity contribution in [3.8, 4) is 22.6 Å². The van der Waals surface area contributed by atoms with Crippen LogP contribution in [0, 0.1) is 17.2 Å². The molecule has 3 aromatic rings. The van der Waals surface area contributed by atoms with Gasteiger partial charge in [0, 0.05) is 28.3 Å². The second kappa shape index (κ2) is 7.50. The molecular formula is C26H23F2N3O3. The van der Waals surface area contributed by atoms with Gasteiger partial charge in [0.25, 0.3) is 6.02 Å². The van der Waals surface area contributed by atoms with Crippen LogP contribution in [-0.4, -0.2) is 30.8 Å². The van der Waals surface area contributed by atoms with Crippen LogP contribution >= 0.6 is 0 Å². The van der Waals surface area contributed by atoms with Crippen LogP contribution in [0.25, 0.3) is 11.1 Å². The van der Waals surface area contributed by atoms with Crippen LogP contribution in [0.3, 0.4) is 0 Å². The Hall–Kier alpha value is -3.52. The normalized spacial score (nSPS) is 21.7. The number of fused-ring (bicyclic) bond motifs is 4. The SMILES string of the molecule is CC1(CCc2cc(F)c3c(c2)C2(COC(N)=N2)c2cc(-c4cccnc4F)ccc2O3)COC1. The number of hydrogen-bond acceptors (Lipinski definition) is 6. The van der Waals surface area contributed by atoms with Crippen molar-refractivity contribution < 1.29 is 23.0 Å². The summed E-state index contributed by atoms with van der Waals surface area (Å²) in [5, 5.41) is 0. The molecule has 0 saturated carbocycles. The van der Waals surface area contributed by atoms with Gasteiger partial charge in [-0.15, -0.1) is 0 Å². The Kier molecular flexibility index (Phi) is 4.64. The third-order valence-electron chi connectivity index (χ3n) is 6.90. The van der Waals surface area contributed by atoms with Gasteiger partial charge in [-0.25, -0.2) is 14.4 Å². The van der Waals surface area contributed by atoms with Crippen LogP contribution in [0.2, 0.25) is 0 Å². The van der Waals surface area contributed by atoms with Crippen molar-refractivity contribution in [2.45, 2.75) is 25.3 Å². The van der Waals surface area contributed by atoms with E-state index in [4.69, 9.17) is 19.9 Å². The largest absolute Gasteiger partial charge is 0.462 e. The Morgan fingerprint density at radius 2 is 1.91 bits per heavy atom. The first-order valence-corrected chi connectivity index (χ1v) is 11.2. The fourth-order valence-electron chi connectivity index (χ4n) is 4.92. The van der Waals surface area contributed by atoms with Crippen LogP contribution in [0.4, 0.5) is 8.78 Å². The average molecular weight is 463 g/mol. The quantitative estimate of drug-likeness (QED) is 0.568. The van der Waals surface area contributed by atoms with Crippen LogP contribution in [0.1, 0.15) is 30.0 Å². The van der Waals surface area contributed by atoms with Crippen molar-refractivity contribution in [3.05, 3.63) is 77.1 Å². The number of amidine groups is 1. The molecule has 1 fully saturated rings. The molecule has 0 radical (unpaired) electrons. The lowest BCUT2D eigenvalue weighted by atomic mass is 9.78. The third kappa shape index (κ3) is 3.24. The second-order valence-corrected chi connectivity index (χ2v) is 9.51. The molecule has 1 spiro atoms. The van der Waals surface area contributed by atoms with E-state index in [1.54, 1.807) is 30.3 Å². The summed E-state index contributed by atoms with van der Waals surface area (Å²) in [5.41, 5.74) is 7.94. The third-order valence-corrected chi connectivity index (χ3v) is 6.90. The summed E-state index contributed by atoms with van der Waals surface area (Å²) in [7, 11) is 0. The van der Waals surface area contributed by atoms with Gasteiger partial charge in [-0.3, -0.25) is 0 Å². The fourth-order valence-corrected chi connectivity index (χ4v) is 4.92. The van der Waals surface area contributed by atoms with E-state index in [0.717, 1.165) is 12.0 Å². The lowest BCUT2D eigenvalue weighted by Gasteiger charge is -2.38. The minimum Gasteiger partial charge on any atom is -0.462 e. The number of halogens is 2. The highest BCUT2D eigenvalue weighted by Gasteiger charge is 2.48. The standard InChI is InChI=1S/C26H23F2N3O3/c1-25(12-32-13-25)7-6-15-9-19-22(20(27)10-15)34-21-5-4-16(17-3-2-8-30-23(17)28)11-18(21)26(19)14-33-24(29)31-26/h2-5,8-11H,6-7,12-14H2,1H3,(H2,29,31). The molecule has 6 rings (SSSR count). The molecule has 0 amide bonds. The Labute approximate surface area is 195 Å². The molecule has 2 N–H and O–H groups in total. The zero-order valence-corrected chi connectivity index (χ0v) is 18.6. The topological polar surface area (TPSA) is 79.0 Å². The summed E-state index contributed by atoms with van der Waals surface area (Å²) in [6.07, 6.45) is 2.96. The molecule has 34 heavy (non-hydrogen) atoms. The zero-order valence-electron chi connectivity index (χ0n) is 18.6. The molecule has 174 valence electrons. The van der Waals surface area contributed by atoms with E-state index in [1.165, 1.54) is 12.3 Å². The molecule has 1 unspecified atom stereocenters. The Balaban J connectivity index is 1.47. The molecule has 2 aromatic carbocycles. The number of nitrogens with two attached hydrogens (primary N) is 1. The Morgan fingerprint density at radius 3 is 2.62 bits per heavy atom. The van der Waals surface area contributed by atoms with Crippen molar-refractivity contribution >= 4 is 6.02 Å². The molecular weight excluding hydrogens is 440 g/mol. The Morgan fingerprint density at radius 1 is 1.06 bits per heavy atom. The number of benzene rings is 2. The monoisotopic (exact) mass is 463 g/mol. The summed E-state index contributed by atoms with van der Waals surface area (Å²) in [4.78, 5) is 8.39. The first-order chi connectivity index (χ1) is 16.4. The molecule has 3 aliphatic rings. The minimum absolute atomic E-state index is 0.0155. The van der Waals surface area contributed by atoms with Crippen LogP contribution in [0.5, 0.6) is 11.5 Å². The molecule has 0 aliphatic carbocycles. The van der Waals surface area contributed by atoms with Gasteiger partial charge in [0.2, 0.25) is 5.95 Å². The van der Waals surface area contributed by atoms with Crippen molar-refractivity contribution in [3.63, 3.8) is 0 Å². The van der Waals surface area contributed by atoms with Gasteiger partial charge in [0.05, 0.1) is 13.2 Å². The van der Waals surface area contributed by atoms with Crippen molar-refractivity contribution in [2.75, 3.05) is 19.8 Å². The smallest absolute Gasteiger partial charge is 0.283 e. The molecule has 6 nitrogen and oxygen atoms in total. The number of rotatable bonds is 4. The van der Waals surface area contributed by atoms with Gasteiger partial charge in [-0.2, -0.15) is 4.39 Å².